The molecule has 2 rings (SSSR count). The lowest BCUT2D eigenvalue weighted by Gasteiger charge is -2.08. The van der Waals surface area contributed by atoms with Gasteiger partial charge in [-0.25, -0.2) is 0 Å². The Morgan fingerprint density at radius 3 is 1.52 bits per heavy atom. The van der Waals surface area contributed by atoms with Crippen molar-refractivity contribution < 1.29 is 19.3 Å². The summed E-state index contributed by atoms with van der Waals surface area (Å²) in [6.07, 6.45) is 0. The molecule has 0 unspecified atom stereocenters. The van der Waals surface area contributed by atoms with Gasteiger partial charge in [0.1, 0.15) is 0 Å². The van der Waals surface area contributed by atoms with Gasteiger partial charge in [0.2, 0.25) is 0 Å². The van der Waals surface area contributed by atoms with E-state index in [1.807, 2.05) is 0 Å². The van der Waals surface area contributed by atoms with Crippen LogP contribution in [0.5, 0.6) is 11.5 Å². The zero-order valence-electron chi connectivity index (χ0n) is 12.2. The van der Waals surface area contributed by atoms with Crippen molar-refractivity contribution in [2.45, 2.75) is 9.79 Å². The van der Waals surface area contributed by atoms with Gasteiger partial charge in [0.05, 0.1) is 33.9 Å². The van der Waals surface area contributed by atoms with Crippen LogP contribution in [-0.4, -0.2) is 24.1 Å². The summed E-state index contributed by atoms with van der Waals surface area (Å²) in [5.74, 6) is 0.177. The lowest BCUT2D eigenvalue weighted by atomic mass is 10.3. The minimum Gasteiger partial charge on any atom is -0.490 e. The molecule has 0 N–H and O–H groups in total. The minimum absolute atomic E-state index is 0.0885. The van der Waals surface area contributed by atoms with Gasteiger partial charge < -0.3 is 9.47 Å². The first-order valence-electron chi connectivity index (χ1n) is 6.30. The van der Waals surface area contributed by atoms with Gasteiger partial charge in [0, 0.05) is 0 Å². The molecule has 2 aromatic rings. The molecule has 0 aliphatic carbocycles. The molecule has 9 heteroatoms. The third-order valence-electron chi connectivity index (χ3n) is 2.95. The fraction of sp³-hybridized carbons (Fsp3) is 0.143. The zero-order valence-corrected chi connectivity index (χ0v) is 13.0. The SMILES string of the molecule is COc1cccc(Sc2cccc(OC)c2[N+](=O)[O-])c1[N+](=O)[O-]. The van der Waals surface area contributed by atoms with Crippen LogP contribution < -0.4 is 9.47 Å². The first kappa shape index (κ1) is 16.6. The summed E-state index contributed by atoms with van der Waals surface area (Å²) in [5, 5.41) is 22.6. The second-order valence-corrected chi connectivity index (χ2v) is 5.31. The maximum absolute atomic E-state index is 11.3. The van der Waals surface area contributed by atoms with Crippen molar-refractivity contribution in [1.82, 2.24) is 0 Å². The van der Waals surface area contributed by atoms with Crippen LogP contribution in [0.2, 0.25) is 0 Å². The van der Waals surface area contributed by atoms with Crippen LogP contribution >= 0.6 is 11.8 Å². The van der Waals surface area contributed by atoms with Crippen LogP contribution in [0, 0.1) is 20.2 Å². The van der Waals surface area contributed by atoms with E-state index in [1.165, 1.54) is 38.5 Å². The van der Waals surface area contributed by atoms with E-state index >= 15 is 0 Å². The molecule has 2 aromatic carbocycles. The maximum atomic E-state index is 11.3. The fourth-order valence-electron chi connectivity index (χ4n) is 1.98. The van der Waals surface area contributed by atoms with Crippen molar-refractivity contribution in [3.8, 4) is 11.5 Å². The highest BCUT2D eigenvalue weighted by Crippen LogP contribution is 2.45. The molecular formula is C14H12N2O6S. The van der Waals surface area contributed by atoms with Crippen molar-refractivity contribution in [2.24, 2.45) is 0 Å². The van der Waals surface area contributed by atoms with Gasteiger partial charge in [-0.2, -0.15) is 0 Å². The summed E-state index contributed by atoms with van der Waals surface area (Å²) in [4.78, 5) is 21.9. The van der Waals surface area contributed by atoms with Gasteiger partial charge in [0.15, 0.2) is 11.5 Å². The average molecular weight is 336 g/mol. The summed E-state index contributed by atoms with van der Waals surface area (Å²) < 4.78 is 9.99. The molecule has 23 heavy (non-hydrogen) atoms. The number of methoxy groups -OCH3 is 2. The molecule has 0 aromatic heterocycles. The fourth-order valence-corrected chi connectivity index (χ4v) is 3.05. The van der Waals surface area contributed by atoms with Crippen molar-refractivity contribution in [1.29, 1.82) is 0 Å². The van der Waals surface area contributed by atoms with Crippen LogP contribution in [-0.2, 0) is 0 Å². The van der Waals surface area contributed by atoms with Crippen LogP contribution in [0.1, 0.15) is 0 Å². The highest BCUT2D eigenvalue weighted by molar-refractivity contribution is 7.99. The number of benzene rings is 2. The predicted molar refractivity (Wildman–Crippen MR) is 83.4 cm³/mol. The standard InChI is InChI=1S/C14H12N2O6S/c1-21-9-5-3-7-11(13(9)15(17)18)23-12-8-4-6-10(22-2)14(12)16(19)20/h3-8H,1-2H3. The summed E-state index contributed by atoms with van der Waals surface area (Å²) in [6.45, 7) is 0. The van der Waals surface area contributed by atoms with Gasteiger partial charge in [-0.1, -0.05) is 23.9 Å². The molecular weight excluding hydrogens is 324 g/mol. The van der Waals surface area contributed by atoms with E-state index in [4.69, 9.17) is 9.47 Å². The lowest BCUT2D eigenvalue weighted by Crippen LogP contribution is -1.97. The Morgan fingerprint density at radius 2 is 1.22 bits per heavy atom. The molecule has 0 bridgehead atoms. The number of hydrogen-bond donors (Lipinski definition) is 0. The van der Waals surface area contributed by atoms with Gasteiger partial charge in [0.25, 0.3) is 0 Å². The number of rotatable bonds is 6. The Morgan fingerprint density at radius 1 is 0.826 bits per heavy atom. The molecule has 0 fully saturated rings. The molecule has 8 nitrogen and oxygen atoms in total. The van der Waals surface area contributed by atoms with Crippen LogP contribution in [0.4, 0.5) is 11.4 Å². The third kappa shape index (κ3) is 3.34. The summed E-state index contributed by atoms with van der Waals surface area (Å²) in [5.41, 5.74) is -0.478. The Hall–Kier alpha value is -2.81. The molecule has 0 atom stereocenters. The molecule has 0 aliphatic heterocycles. The molecule has 120 valence electrons. The molecule has 0 spiro atoms. The predicted octanol–water partition coefficient (Wildman–Crippen LogP) is 3.67. The highest BCUT2D eigenvalue weighted by Gasteiger charge is 2.26. The maximum Gasteiger partial charge on any atom is 0.324 e. The number of nitro benzene ring substituents is 2. The number of para-hydroxylation sites is 2. The van der Waals surface area contributed by atoms with E-state index in [2.05, 4.69) is 0 Å². The minimum atomic E-state index is -0.576. The number of hydrogen-bond acceptors (Lipinski definition) is 7. The monoisotopic (exact) mass is 336 g/mol. The van der Waals surface area contributed by atoms with E-state index in [1.54, 1.807) is 12.1 Å². The molecule has 0 aliphatic rings. The highest BCUT2D eigenvalue weighted by atomic mass is 32.2. The third-order valence-corrected chi connectivity index (χ3v) is 4.05. The second-order valence-electron chi connectivity index (χ2n) is 4.23. The van der Waals surface area contributed by atoms with Gasteiger partial charge in [-0.05, 0) is 24.3 Å². The Bertz CT molecular complexity index is 701. The van der Waals surface area contributed by atoms with Crippen molar-refractivity contribution >= 4 is 23.1 Å². The van der Waals surface area contributed by atoms with Crippen LogP contribution in [0.3, 0.4) is 0 Å². The molecule has 0 amide bonds. The quantitative estimate of drug-likeness (QED) is 0.585. The number of ether oxygens (including phenoxy) is 2. The van der Waals surface area contributed by atoms with E-state index < -0.39 is 9.85 Å². The second kappa shape index (κ2) is 6.97. The zero-order chi connectivity index (χ0) is 17.0. The van der Waals surface area contributed by atoms with Gasteiger partial charge >= 0.3 is 11.4 Å². The smallest absolute Gasteiger partial charge is 0.324 e. The van der Waals surface area contributed by atoms with E-state index in [0.717, 1.165) is 11.8 Å². The molecule has 0 radical (unpaired) electrons. The number of nitro groups is 2. The summed E-state index contributed by atoms with van der Waals surface area (Å²) in [7, 11) is 2.65. The van der Waals surface area contributed by atoms with E-state index in [9.17, 15) is 20.2 Å². The lowest BCUT2D eigenvalue weighted by molar-refractivity contribution is -0.389. The van der Waals surface area contributed by atoms with Crippen molar-refractivity contribution in [2.75, 3.05) is 14.2 Å². The van der Waals surface area contributed by atoms with Crippen molar-refractivity contribution in [3.63, 3.8) is 0 Å². The summed E-state index contributed by atoms with van der Waals surface area (Å²) >= 11 is 0.913. The Balaban J connectivity index is 2.57. The Labute approximate surface area is 135 Å². The molecule has 0 saturated heterocycles. The van der Waals surface area contributed by atoms with Crippen LogP contribution in [0.25, 0.3) is 0 Å². The first-order valence-corrected chi connectivity index (χ1v) is 7.12. The Kier molecular flexibility index (Phi) is 5.02. The summed E-state index contributed by atoms with van der Waals surface area (Å²) in [6, 6.07) is 9.10. The average Bonchev–Trinajstić information content (AvgIpc) is 2.53. The molecule has 0 heterocycles. The topological polar surface area (TPSA) is 105 Å². The van der Waals surface area contributed by atoms with Gasteiger partial charge in [-0.15, -0.1) is 0 Å². The van der Waals surface area contributed by atoms with Crippen molar-refractivity contribution in [3.05, 3.63) is 56.6 Å². The molecule has 0 saturated carbocycles. The largest absolute Gasteiger partial charge is 0.490 e. The normalized spacial score (nSPS) is 10.2. The van der Waals surface area contributed by atoms with Crippen LogP contribution in [0.15, 0.2) is 46.2 Å². The number of nitrogens with zero attached hydrogens (tertiary/aromatic N) is 2. The van der Waals surface area contributed by atoms with Gasteiger partial charge in [-0.3, -0.25) is 20.2 Å². The van der Waals surface area contributed by atoms with E-state index in [0.29, 0.717) is 0 Å². The first-order chi connectivity index (χ1) is 11.0. The van der Waals surface area contributed by atoms with E-state index in [-0.39, 0.29) is 32.7 Å².